The lowest BCUT2D eigenvalue weighted by molar-refractivity contribution is 0.0933. The Hall–Kier alpha value is -0.590. The molecule has 1 saturated carbocycles. The molecule has 1 fully saturated rings. The summed E-state index contributed by atoms with van der Waals surface area (Å²) in [6, 6.07) is 2.12. The van der Waals surface area contributed by atoms with Crippen LogP contribution in [0.15, 0.2) is 0 Å². The highest BCUT2D eigenvalue weighted by Gasteiger charge is 2.42. The first-order valence-corrected chi connectivity index (χ1v) is 3.02. The van der Waals surface area contributed by atoms with E-state index in [0.717, 1.165) is 12.8 Å². The highest BCUT2D eigenvalue weighted by Crippen LogP contribution is 2.48. The van der Waals surface area contributed by atoms with Crippen LogP contribution in [0.25, 0.3) is 0 Å². The van der Waals surface area contributed by atoms with E-state index in [2.05, 4.69) is 10.9 Å². The molecule has 2 N–H and O–H groups in total. The molecule has 0 aromatic heterocycles. The highest BCUT2D eigenvalue weighted by atomic mass is 16.6. The van der Waals surface area contributed by atoms with Crippen molar-refractivity contribution >= 4 is 0 Å². The van der Waals surface area contributed by atoms with Crippen LogP contribution in [-0.2, 0) is 4.84 Å². The lowest BCUT2D eigenvalue weighted by Gasteiger charge is -2.05. The van der Waals surface area contributed by atoms with Gasteiger partial charge in [0.15, 0.2) is 0 Å². The molecular formula is C6H10N2O. The molecule has 50 valence electrons. The Balaban J connectivity index is 2.27. The Bertz CT molecular complexity index is 134. The van der Waals surface area contributed by atoms with Crippen molar-refractivity contribution in [1.29, 1.82) is 5.26 Å². The van der Waals surface area contributed by atoms with Crippen LogP contribution < -0.4 is 5.90 Å². The van der Waals surface area contributed by atoms with Gasteiger partial charge in [0.05, 0.1) is 12.7 Å². The molecule has 0 amide bonds. The van der Waals surface area contributed by atoms with Gasteiger partial charge in [0.25, 0.3) is 0 Å². The van der Waals surface area contributed by atoms with Crippen LogP contribution in [0, 0.1) is 16.7 Å². The molecule has 0 spiro atoms. The van der Waals surface area contributed by atoms with E-state index in [1.807, 2.05) is 0 Å². The summed E-state index contributed by atoms with van der Waals surface area (Å²) in [7, 11) is 0. The maximum absolute atomic E-state index is 8.32. The minimum atomic E-state index is 0.142. The maximum atomic E-state index is 8.32. The third-order valence-corrected chi connectivity index (χ3v) is 1.80. The first-order chi connectivity index (χ1) is 4.33. The average molecular weight is 126 g/mol. The number of hydrogen-bond acceptors (Lipinski definition) is 3. The summed E-state index contributed by atoms with van der Waals surface area (Å²) in [6.45, 7) is 0.542. The van der Waals surface area contributed by atoms with Gasteiger partial charge in [0.1, 0.15) is 0 Å². The maximum Gasteiger partial charge on any atom is 0.0745 e. The van der Waals surface area contributed by atoms with Gasteiger partial charge in [0, 0.05) is 11.8 Å². The summed E-state index contributed by atoms with van der Waals surface area (Å²) in [5, 5.41) is 8.32. The van der Waals surface area contributed by atoms with Crippen molar-refractivity contribution in [3.05, 3.63) is 0 Å². The largest absolute Gasteiger partial charge is 0.304 e. The minimum Gasteiger partial charge on any atom is -0.304 e. The van der Waals surface area contributed by atoms with Crippen molar-refractivity contribution in [2.75, 3.05) is 6.61 Å². The van der Waals surface area contributed by atoms with Crippen molar-refractivity contribution in [2.24, 2.45) is 11.3 Å². The predicted molar refractivity (Wildman–Crippen MR) is 32.0 cm³/mol. The molecule has 3 heteroatoms. The molecule has 1 aliphatic rings. The molecule has 0 aliphatic heterocycles. The summed E-state index contributed by atoms with van der Waals surface area (Å²) in [6.07, 6.45) is 2.78. The summed E-state index contributed by atoms with van der Waals surface area (Å²) in [5.41, 5.74) is 0.142. The van der Waals surface area contributed by atoms with E-state index < -0.39 is 0 Å². The van der Waals surface area contributed by atoms with Gasteiger partial charge in [-0.2, -0.15) is 5.26 Å². The molecule has 0 aromatic carbocycles. The molecule has 0 atom stereocenters. The van der Waals surface area contributed by atoms with Crippen LogP contribution in [0.2, 0.25) is 0 Å². The highest BCUT2D eigenvalue weighted by molar-refractivity contribution is 4.98. The minimum absolute atomic E-state index is 0.142. The Morgan fingerprint density at radius 3 is 2.67 bits per heavy atom. The molecule has 9 heavy (non-hydrogen) atoms. The topological polar surface area (TPSA) is 59.0 Å². The fourth-order valence-electron chi connectivity index (χ4n) is 0.893. The monoisotopic (exact) mass is 126 g/mol. The van der Waals surface area contributed by atoms with Crippen molar-refractivity contribution in [1.82, 2.24) is 0 Å². The van der Waals surface area contributed by atoms with E-state index in [9.17, 15) is 0 Å². The van der Waals surface area contributed by atoms with Gasteiger partial charge in [0.2, 0.25) is 0 Å². The lowest BCUT2D eigenvalue weighted by atomic mass is 10.1. The number of hydrogen-bond donors (Lipinski definition) is 1. The molecule has 1 aliphatic carbocycles. The normalized spacial score (nSPS) is 20.9. The van der Waals surface area contributed by atoms with Crippen LogP contribution in [-0.4, -0.2) is 6.61 Å². The molecule has 0 radical (unpaired) electrons. The van der Waals surface area contributed by atoms with Crippen LogP contribution >= 0.6 is 0 Å². The molecule has 0 unspecified atom stereocenters. The van der Waals surface area contributed by atoms with Gasteiger partial charge >= 0.3 is 0 Å². The fourth-order valence-corrected chi connectivity index (χ4v) is 0.893. The van der Waals surface area contributed by atoms with Gasteiger partial charge in [-0.05, 0) is 12.8 Å². The van der Waals surface area contributed by atoms with Crippen LogP contribution in [0.4, 0.5) is 0 Å². The Labute approximate surface area is 54.4 Å². The summed E-state index contributed by atoms with van der Waals surface area (Å²) in [5.74, 6) is 4.88. The third-order valence-electron chi connectivity index (χ3n) is 1.80. The molecule has 3 nitrogen and oxygen atoms in total. The zero-order valence-corrected chi connectivity index (χ0v) is 5.26. The van der Waals surface area contributed by atoms with Crippen LogP contribution in [0.5, 0.6) is 0 Å². The fraction of sp³-hybridized carbons (Fsp3) is 0.833. The number of nitrogens with two attached hydrogens (primary N) is 1. The van der Waals surface area contributed by atoms with E-state index in [1.54, 1.807) is 0 Å². The second-order valence-corrected chi connectivity index (χ2v) is 2.65. The second kappa shape index (κ2) is 2.34. The van der Waals surface area contributed by atoms with Gasteiger partial charge < -0.3 is 4.84 Å². The summed E-state index contributed by atoms with van der Waals surface area (Å²) in [4.78, 5) is 4.47. The quantitative estimate of drug-likeness (QED) is 0.562. The van der Waals surface area contributed by atoms with Gasteiger partial charge in [-0.1, -0.05) is 0 Å². The summed E-state index contributed by atoms with van der Waals surface area (Å²) >= 11 is 0. The third kappa shape index (κ3) is 1.41. The van der Waals surface area contributed by atoms with E-state index in [4.69, 9.17) is 11.2 Å². The molecule has 0 saturated heterocycles. The Morgan fingerprint density at radius 1 is 1.67 bits per heavy atom. The molecule has 1 rings (SSSR count). The first kappa shape index (κ1) is 6.53. The van der Waals surface area contributed by atoms with Crippen molar-refractivity contribution in [3.8, 4) is 6.07 Å². The molecule has 0 heterocycles. The van der Waals surface area contributed by atoms with Crippen LogP contribution in [0.1, 0.15) is 19.3 Å². The van der Waals surface area contributed by atoms with Crippen LogP contribution in [0.3, 0.4) is 0 Å². The Kier molecular flexibility index (Phi) is 1.70. The molecule has 0 aromatic rings. The lowest BCUT2D eigenvalue weighted by Crippen LogP contribution is -2.12. The molecule has 0 bridgehead atoms. The Morgan fingerprint density at radius 2 is 2.33 bits per heavy atom. The van der Waals surface area contributed by atoms with Crippen molar-refractivity contribution in [2.45, 2.75) is 19.3 Å². The van der Waals surface area contributed by atoms with Gasteiger partial charge in [-0.15, -0.1) is 0 Å². The number of rotatable bonds is 3. The van der Waals surface area contributed by atoms with E-state index in [0.29, 0.717) is 13.0 Å². The first-order valence-electron chi connectivity index (χ1n) is 3.02. The van der Waals surface area contributed by atoms with E-state index in [-0.39, 0.29) is 5.41 Å². The number of nitriles is 1. The molecular weight excluding hydrogens is 116 g/mol. The van der Waals surface area contributed by atoms with Gasteiger partial charge in [-0.3, -0.25) is 0 Å². The second-order valence-electron chi connectivity index (χ2n) is 2.65. The zero-order chi connectivity index (χ0) is 6.74. The predicted octanol–water partition coefficient (Wildman–Crippen LogP) is 0.571. The smallest absolute Gasteiger partial charge is 0.0745 e. The SMILES string of the molecule is N#CCC1(CON)CC1. The standard InChI is InChI=1S/C6H10N2O/c7-4-3-6(1-2-6)5-9-8/h1-3,5,8H2. The van der Waals surface area contributed by atoms with Crippen molar-refractivity contribution in [3.63, 3.8) is 0 Å². The summed E-state index contributed by atoms with van der Waals surface area (Å²) < 4.78 is 0. The number of nitrogens with zero attached hydrogens (tertiary/aromatic N) is 1. The zero-order valence-electron chi connectivity index (χ0n) is 5.26. The van der Waals surface area contributed by atoms with E-state index >= 15 is 0 Å². The average Bonchev–Trinajstić information content (AvgIpc) is 2.51. The van der Waals surface area contributed by atoms with E-state index in [1.165, 1.54) is 0 Å². The van der Waals surface area contributed by atoms with Gasteiger partial charge in [-0.25, -0.2) is 5.90 Å². The van der Waals surface area contributed by atoms with Crippen molar-refractivity contribution < 1.29 is 4.84 Å².